The van der Waals surface area contributed by atoms with Crippen molar-refractivity contribution in [3.05, 3.63) is 5.69 Å². The lowest BCUT2D eigenvalue weighted by Gasteiger charge is -2.22. The van der Waals surface area contributed by atoms with Crippen LogP contribution in [-0.2, 0) is 11.3 Å². The highest BCUT2D eigenvalue weighted by molar-refractivity contribution is 5.31. The predicted molar refractivity (Wildman–Crippen MR) is 54.9 cm³/mol. The minimum absolute atomic E-state index is 0.132. The number of nitrogen functional groups attached to an aromatic ring is 1. The standard InChI is InChI=1S/C9H18N4O/c1-7-8(10)11-12-13(7)6-5-9(2,3)14-4/h5-6,10H2,1-4H3. The molecule has 1 heterocycles. The quantitative estimate of drug-likeness (QED) is 0.783. The fraction of sp³-hybridized carbons (Fsp3) is 0.778. The molecule has 80 valence electrons. The van der Waals surface area contributed by atoms with Crippen molar-refractivity contribution in [2.45, 2.75) is 39.3 Å². The van der Waals surface area contributed by atoms with Crippen molar-refractivity contribution in [1.82, 2.24) is 15.0 Å². The molecule has 0 aliphatic heterocycles. The number of anilines is 1. The molecule has 1 aromatic heterocycles. The van der Waals surface area contributed by atoms with E-state index in [0.29, 0.717) is 5.82 Å². The molecule has 0 saturated heterocycles. The van der Waals surface area contributed by atoms with Crippen molar-refractivity contribution in [1.29, 1.82) is 0 Å². The predicted octanol–water partition coefficient (Wildman–Crippen LogP) is 0.984. The van der Waals surface area contributed by atoms with Gasteiger partial charge in [-0.2, -0.15) is 0 Å². The molecule has 5 nitrogen and oxygen atoms in total. The molecule has 14 heavy (non-hydrogen) atoms. The first-order valence-electron chi connectivity index (χ1n) is 4.67. The Bertz CT molecular complexity index is 306. The van der Waals surface area contributed by atoms with Crippen LogP contribution >= 0.6 is 0 Å². The Balaban J connectivity index is 2.58. The van der Waals surface area contributed by atoms with Crippen LogP contribution in [0.2, 0.25) is 0 Å². The molecule has 1 aromatic rings. The van der Waals surface area contributed by atoms with Crippen LogP contribution < -0.4 is 5.73 Å². The van der Waals surface area contributed by atoms with Gasteiger partial charge in [-0.05, 0) is 27.2 Å². The van der Waals surface area contributed by atoms with E-state index in [-0.39, 0.29) is 5.60 Å². The molecule has 0 aliphatic rings. The maximum Gasteiger partial charge on any atom is 0.168 e. The molecule has 2 N–H and O–H groups in total. The monoisotopic (exact) mass is 198 g/mol. The van der Waals surface area contributed by atoms with Gasteiger partial charge in [-0.15, -0.1) is 5.10 Å². The molecule has 0 atom stereocenters. The Morgan fingerprint density at radius 2 is 2.14 bits per heavy atom. The summed E-state index contributed by atoms with van der Waals surface area (Å²) in [4.78, 5) is 0. The fourth-order valence-corrected chi connectivity index (χ4v) is 1.06. The van der Waals surface area contributed by atoms with Gasteiger partial charge in [0.15, 0.2) is 5.82 Å². The van der Waals surface area contributed by atoms with Crippen molar-refractivity contribution in [2.24, 2.45) is 0 Å². The lowest BCUT2D eigenvalue weighted by atomic mass is 10.1. The van der Waals surface area contributed by atoms with Gasteiger partial charge in [0.1, 0.15) is 0 Å². The number of hydrogen-bond acceptors (Lipinski definition) is 4. The van der Waals surface area contributed by atoms with Gasteiger partial charge in [-0.3, -0.25) is 0 Å². The van der Waals surface area contributed by atoms with Gasteiger partial charge in [0.2, 0.25) is 0 Å². The second kappa shape index (κ2) is 3.96. The third-order valence-electron chi connectivity index (χ3n) is 2.50. The van der Waals surface area contributed by atoms with Crippen molar-refractivity contribution >= 4 is 5.82 Å². The molecule has 0 spiro atoms. The summed E-state index contributed by atoms with van der Waals surface area (Å²) >= 11 is 0. The fourth-order valence-electron chi connectivity index (χ4n) is 1.06. The van der Waals surface area contributed by atoms with Crippen molar-refractivity contribution in [3.8, 4) is 0 Å². The first kappa shape index (κ1) is 11.0. The van der Waals surface area contributed by atoms with E-state index in [1.807, 2.05) is 20.8 Å². The van der Waals surface area contributed by atoms with Crippen molar-refractivity contribution < 1.29 is 4.74 Å². The smallest absolute Gasteiger partial charge is 0.168 e. The van der Waals surface area contributed by atoms with Crippen LogP contribution in [0.5, 0.6) is 0 Å². The van der Waals surface area contributed by atoms with Crippen LogP contribution in [0.15, 0.2) is 0 Å². The number of hydrogen-bond donors (Lipinski definition) is 1. The van der Waals surface area contributed by atoms with E-state index < -0.39 is 0 Å². The highest BCUT2D eigenvalue weighted by atomic mass is 16.5. The Morgan fingerprint density at radius 1 is 1.50 bits per heavy atom. The van der Waals surface area contributed by atoms with E-state index in [1.165, 1.54) is 0 Å². The van der Waals surface area contributed by atoms with Gasteiger partial charge in [-0.1, -0.05) is 5.21 Å². The highest BCUT2D eigenvalue weighted by Gasteiger charge is 2.17. The van der Waals surface area contributed by atoms with Gasteiger partial charge in [0, 0.05) is 13.7 Å². The van der Waals surface area contributed by atoms with Crippen LogP contribution in [0.4, 0.5) is 5.82 Å². The molecular formula is C9H18N4O. The molecule has 0 aromatic carbocycles. The van der Waals surface area contributed by atoms with Gasteiger partial charge in [0.05, 0.1) is 11.3 Å². The van der Waals surface area contributed by atoms with E-state index in [1.54, 1.807) is 11.8 Å². The Hall–Kier alpha value is -1.10. The first-order chi connectivity index (χ1) is 6.46. The van der Waals surface area contributed by atoms with Crippen LogP contribution in [0.1, 0.15) is 26.0 Å². The zero-order valence-corrected chi connectivity index (χ0v) is 9.24. The van der Waals surface area contributed by atoms with Gasteiger partial charge < -0.3 is 10.5 Å². The van der Waals surface area contributed by atoms with E-state index in [2.05, 4.69) is 10.3 Å². The topological polar surface area (TPSA) is 66.0 Å². The molecule has 0 aliphatic carbocycles. The number of rotatable bonds is 4. The summed E-state index contributed by atoms with van der Waals surface area (Å²) in [6, 6.07) is 0. The summed E-state index contributed by atoms with van der Waals surface area (Å²) in [7, 11) is 1.71. The minimum Gasteiger partial charge on any atom is -0.381 e. The summed E-state index contributed by atoms with van der Waals surface area (Å²) < 4.78 is 7.11. The molecule has 5 heteroatoms. The average Bonchev–Trinajstić information content (AvgIpc) is 2.45. The highest BCUT2D eigenvalue weighted by Crippen LogP contribution is 2.15. The molecule has 0 bridgehead atoms. The first-order valence-corrected chi connectivity index (χ1v) is 4.67. The third-order valence-corrected chi connectivity index (χ3v) is 2.50. The summed E-state index contributed by atoms with van der Waals surface area (Å²) in [5.41, 5.74) is 6.37. The lowest BCUT2D eigenvalue weighted by molar-refractivity contribution is 0.0111. The summed E-state index contributed by atoms with van der Waals surface area (Å²) in [6.07, 6.45) is 0.882. The average molecular weight is 198 g/mol. The largest absolute Gasteiger partial charge is 0.381 e. The van der Waals surface area contributed by atoms with E-state index >= 15 is 0 Å². The van der Waals surface area contributed by atoms with Gasteiger partial charge in [-0.25, -0.2) is 4.68 Å². The molecule has 0 fully saturated rings. The summed E-state index contributed by atoms with van der Waals surface area (Å²) in [5, 5.41) is 7.73. The minimum atomic E-state index is -0.132. The van der Waals surface area contributed by atoms with Crippen LogP contribution in [-0.4, -0.2) is 27.7 Å². The lowest BCUT2D eigenvalue weighted by Crippen LogP contribution is -2.25. The summed E-state index contributed by atoms with van der Waals surface area (Å²) in [5.74, 6) is 0.500. The maximum atomic E-state index is 5.59. The number of nitrogens with two attached hydrogens (primary N) is 1. The third kappa shape index (κ3) is 2.45. The van der Waals surface area contributed by atoms with E-state index in [4.69, 9.17) is 10.5 Å². The van der Waals surface area contributed by atoms with E-state index in [9.17, 15) is 0 Å². The Labute approximate surface area is 84.2 Å². The van der Waals surface area contributed by atoms with Crippen LogP contribution in [0.3, 0.4) is 0 Å². The zero-order chi connectivity index (χ0) is 10.8. The molecule has 0 unspecified atom stereocenters. The molecule has 0 saturated carbocycles. The number of aryl methyl sites for hydroxylation is 1. The molecule has 0 amide bonds. The molecular weight excluding hydrogens is 180 g/mol. The number of methoxy groups -OCH3 is 1. The van der Waals surface area contributed by atoms with Crippen molar-refractivity contribution in [3.63, 3.8) is 0 Å². The number of nitrogens with zero attached hydrogens (tertiary/aromatic N) is 3. The maximum absolute atomic E-state index is 5.59. The van der Waals surface area contributed by atoms with Gasteiger partial charge >= 0.3 is 0 Å². The Kier molecular flexibility index (Phi) is 3.10. The normalized spacial score (nSPS) is 12.0. The van der Waals surface area contributed by atoms with E-state index in [0.717, 1.165) is 18.7 Å². The summed E-state index contributed by atoms with van der Waals surface area (Å²) in [6.45, 7) is 6.78. The van der Waals surface area contributed by atoms with Crippen LogP contribution in [0.25, 0.3) is 0 Å². The number of ether oxygens (including phenoxy) is 1. The van der Waals surface area contributed by atoms with Crippen LogP contribution in [0, 0.1) is 6.92 Å². The van der Waals surface area contributed by atoms with Crippen molar-refractivity contribution in [2.75, 3.05) is 12.8 Å². The SMILES string of the molecule is COC(C)(C)CCn1nnc(N)c1C. The molecule has 1 rings (SSSR count). The second-order valence-electron chi connectivity index (χ2n) is 4.00. The van der Waals surface area contributed by atoms with Gasteiger partial charge in [0.25, 0.3) is 0 Å². The number of aromatic nitrogens is 3. The second-order valence-corrected chi connectivity index (χ2v) is 4.00. The Morgan fingerprint density at radius 3 is 2.57 bits per heavy atom. The zero-order valence-electron chi connectivity index (χ0n) is 9.24. The molecule has 0 radical (unpaired) electrons.